The first-order valence-electron chi connectivity index (χ1n) is 6.32. The van der Waals surface area contributed by atoms with Gasteiger partial charge < -0.3 is 10.2 Å². The highest BCUT2D eigenvalue weighted by molar-refractivity contribution is 7.10. The van der Waals surface area contributed by atoms with Gasteiger partial charge in [-0.05, 0) is 24.4 Å². The highest BCUT2D eigenvalue weighted by atomic mass is 35.5. The lowest BCUT2D eigenvalue weighted by atomic mass is 9.87. The van der Waals surface area contributed by atoms with Gasteiger partial charge in [0.05, 0.1) is 12.6 Å². The normalized spacial score (nSPS) is 26.5. The molecule has 2 unspecified atom stereocenters. The van der Waals surface area contributed by atoms with E-state index in [0.717, 1.165) is 30.7 Å². The van der Waals surface area contributed by atoms with Gasteiger partial charge in [-0.15, -0.1) is 0 Å². The average Bonchev–Trinajstić information content (AvgIpc) is 2.78. The minimum atomic E-state index is 0.0107. The zero-order valence-corrected chi connectivity index (χ0v) is 11.8. The molecule has 3 rings (SSSR count). The van der Waals surface area contributed by atoms with Crippen LogP contribution in [0.15, 0.2) is 0 Å². The van der Waals surface area contributed by atoms with Gasteiger partial charge in [-0.2, -0.15) is 9.64 Å². The Hall–Kier alpha value is -1.32. The van der Waals surface area contributed by atoms with E-state index in [1.807, 2.05) is 4.90 Å². The summed E-state index contributed by atoms with van der Waals surface area (Å²) in [7, 11) is 0. The van der Waals surface area contributed by atoms with Gasteiger partial charge >= 0.3 is 0 Å². The van der Waals surface area contributed by atoms with Gasteiger partial charge in [0.15, 0.2) is 5.15 Å². The fraction of sp³-hybridized carbons (Fsp3) is 0.583. The molecule has 1 amide bonds. The molecular weight excluding hydrogens is 284 g/mol. The van der Waals surface area contributed by atoms with E-state index in [2.05, 4.69) is 15.8 Å². The molecule has 2 heterocycles. The number of nitrogens with zero attached hydrogens (tertiary/aromatic N) is 3. The Morgan fingerprint density at radius 1 is 1.47 bits per heavy atom. The Balaban J connectivity index is 1.97. The fourth-order valence-electron chi connectivity index (χ4n) is 2.95. The van der Waals surface area contributed by atoms with Gasteiger partial charge in [-0.1, -0.05) is 24.4 Å². The number of piperazine rings is 1. The molecule has 1 N–H and O–H groups in total. The third kappa shape index (κ3) is 2.17. The predicted octanol–water partition coefficient (Wildman–Crippen LogP) is 1.92. The summed E-state index contributed by atoms with van der Waals surface area (Å²) in [5.74, 6) is 0.0107. The van der Waals surface area contributed by atoms with E-state index in [-0.39, 0.29) is 29.7 Å². The van der Waals surface area contributed by atoms with Crippen LogP contribution in [0.4, 0.5) is 5.00 Å². The standard InChI is InChI=1S/C12H13ClN4OS/c13-11-7(5-14)12(19-16-11)17-6-10(18)15-8-3-1-2-4-9(8)17/h8-9H,1-4,6H2,(H,15,18). The van der Waals surface area contributed by atoms with Gasteiger partial charge in [-0.25, -0.2) is 0 Å². The molecule has 0 spiro atoms. The quantitative estimate of drug-likeness (QED) is 0.859. The Morgan fingerprint density at radius 3 is 3.05 bits per heavy atom. The molecular formula is C12H13ClN4OS. The van der Waals surface area contributed by atoms with Crippen LogP contribution in [-0.4, -0.2) is 28.9 Å². The minimum absolute atomic E-state index is 0.0107. The van der Waals surface area contributed by atoms with Crippen molar-refractivity contribution in [2.24, 2.45) is 0 Å². The molecule has 1 aliphatic heterocycles. The second-order valence-electron chi connectivity index (χ2n) is 4.92. The number of carbonyl (C=O) groups is 1. The highest BCUT2D eigenvalue weighted by Gasteiger charge is 2.38. The van der Waals surface area contributed by atoms with Crippen LogP contribution in [0.5, 0.6) is 0 Å². The van der Waals surface area contributed by atoms with Crippen molar-refractivity contribution >= 4 is 34.0 Å². The Bertz CT molecular complexity index is 552. The summed E-state index contributed by atoms with van der Waals surface area (Å²) >= 11 is 7.13. The minimum Gasteiger partial charge on any atom is -0.350 e. The van der Waals surface area contributed by atoms with Crippen molar-refractivity contribution in [1.82, 2.24) is 9.69 Å². The molecule has 1 aliphatic carbocycles. The maximum absolute atomic E-state index is 11.8. The summed E-state index contributed by atoms with van der Waals surface area (Å²) in [5.41, 5.74) is 0.394. The summed E-state index contributed by atoms with van der Waals surface area (Å²) in [5, 5.41) is 13.2. The topological polar surface area (TPSA) is 69.0 Å². The van der Waals surface area contributed by atoms with Crippen molar-refractivity contribution in [3.63, 3.8) is 0 Å². The molecule has 2 atom stereocenters. The maximum atomic E-state index is 11.8. The molecule has 5 nitrogen and oxygen atoms in total. The van der Waals surface area contributed by atoms with Crippen LogP contribution in [0, 0.1) is 11.3 Å². The summed E-state index contributed by atoms with van der Waals surface area (Å²) in [6.07, 6.45) is 4.33. The largest absolute Gasteiger partial charge is 0.350 e. The molecule has 19 heavy (non-hydrogen) atoms. The van der Waals surface area contributed by atoms with Gasteiger partial charge in [-0.3, -0.25) is 4.79 Å². The molecule has 1 aromatic heterocycles. The first kappa shape index (κ1) is 12.7. The van der Waals surface area contributed by atoms with Gasteiger partial charge in [0.25, 0.3) is 0 Å². The summed E-state index contributed by atoms with van der Waals surface area (Å²) in [6, 6.07) is 2.54. The second kappa shape index (κ2) is 4.99. The first-order chi connectivity index (χ1) is 9.20. The van der Waals surface area contributed by atoms with Gasteiger partial charge in [0, 0.05) is 6.04 Å². The number of hydrogen-bond donors (Lipinski definition) is 1. The number of rotatable bonds is 1. The molecule has 0 bridgehead atoms. The van der Waals surface area contributed by atoms with Crippen LogP contribution in [0.3, 0.4) is 0 Å². The van der Waals surface area contributed by atoms with Crippen molar-refractivity contribution < 1.29 is 4.79 Å². The Labute approximate surface area is 120 Å². The van der Waals surface area contributed by atoms with Crippen molar-refractivity contribution in [3.05, 3.63) is 10.7 Å². The number of halogens is 1. The van der Waals surface area contributed by atoms with E-state index in [1.54, 1.807) is 0 Å². The molecule has 0 aromatic carbocycles. The van der Waals surface area contributed by atoms with E-state index < -0.39 is 0 Å². The lowest BCUT2D eigenvalue weighted by molar-refractivity contribution is -0.122. The molecule has 0 radical (unpaired) electrons. The third-order valence-electron chi connectivity index (χ3n) is 3.80. The van der Waals surface area contributed by atoms with Crippen LogP contribution in [-0.2, 0) is 4.79 Å². The number of anilines is 1. The third-order valence-corrected chi connectivity index (χ3v) is 5.05. The van der Waals surface area contributed by atoms with Crippen LogP contribution in [0.25, 0.3) is 0 Å². The zero-order chi connectivity index (χ0) is 13.4. The van der Waals surface area contributed by atoms with Crippen molar-refractivity contribution in [1.29, 1.82) is 5.26 Å². The molecule has 7 heteroatoms. The molecule has 2 aliphatic rings. The maximum Gasteiger partial charge on any atom is 0.239 e. The van der Waals surface area contributed by atoms with E-state index in [4.69, 9.17) is 11.6 Å². The summed E-state index contributed by atoms with van der Waals surface area (Å²) in [6.45, 7) is 0.286. The molecule has 2 fully saturated rings. The Kier molecular flexibility index (Phi) is 3.33. The summed E-state index contributed by atoms with van der Waals surface area (Å²) in [4.78, 5) is 13.8. The van der Waals surface area contributed by atoms with E-state index in [1.165, 1.54) is 11.5 Å². The number of amides is 1. The van der Waals surface area contributed by atoms with Crippen LogP contribution < -0.4 is 10.2 Å². The SMILES string of the molecule is N#Cc1c(Cl)nsc1N1CC(=O)NC2CCCCC21. The van der Waals surface area contributed by atoms with Crippen molar-refractivity contribution in [2.75, 3.05) is 11.4 Å². The molecule has 1 aromatic rings. The first-order valence-corrected chi connectivity index (χ1v) is 7.47. The van der Waals surface area contributed by atoms with Crippen LogP contribution in [0.1, 0.15) is 31.2 Å². The Morgan fingerprint density at radius 2 is 2.26 bits per heavy atom. The number of nitriles is 1. The molecule has 100 valence electrons. The number of carbonyl (C=O) groups excluding carboxylic acids is 1. The monoisotopic (exact) mass is 296 g/mol. The highest BCUT2D eigenvalue weighted by Crippen LogP contribution is 2.36. The van der Waals surface area contributed by atoms with Crippen LogP contribution >= 0.6 is 23.1 Å². The number of aromatic nitrogens is 1. The van der Waals surface area contributed by atoms with Gasteiger partial charge in [0.1, 0.15) is 16.6 Å². The van der Waals surface area contributed by atoms with E-state index in [9.17, 15) is 10.1 Å². The second-order valence-corrected chi connectivity index (χ2v) is 6.03. The number of fused-ring (bicyclic) bond motifs is 1. The predicted molar refractivity (Wildman–Crippen MR) is 73.4 cm³/mol. The molecule has 1 saturated carbocycles. The smallest absolute Gasteiger partial charge is 0.239 e. The fourth-order valence-corrected chi connectivity index (χ4v) is 4.04. The van der Waals surface area contributed by atoms with Crippen molar-refractivity contribution in [3.8, 4) is 6.07 Å². The van der Waals surface area contributed by atoms with E-state index in [0.29, 0.717) is 5.56 Å². The lowest BCUT2D eigenvalue weighted by Crippen LogP contribution is -2.61. The van der Waals surface area contributed by atoms with E-state index >= 15 is 0 Å². The lowest BCUT2D eigenvalue weighted by Gasteiger charge is -2.44. The van der Waals surface area contributed by atoms with Gasteiger partial charge in [0.2, 0.25) is 5.91 Å². The number of hydrogen-bond acceptors (Lipinski definition) is 5. The average molecular weight is 297 g/mol. The summed E-state index contributed by atoms with van der Waals surface area (Å²) < 4.78 is 4.04. The van der Waals surface area contributed by atoms with Crippen LogP contribution in [0.2, 0.25) is 5.15 Å². The number of nitrogens with one attached hydrogen (secondary N) is 1. The molecule has 1 saturated heterocycles. The zero-order valence-electron chi connectivity index (χ0n) is 10.2. The van der Waals surface area contributed by atoms with Crippen molar-refractivity contribution in [2.45, 2.75) is 37.8 Å².